The molecular weight excluding hydrogens is 252 g/mol. The quantitative estimate of drug-likeness (QED) is 0.682. The van der Waals surface area contributed by atoms with E-state index < -0.39 is 24.3 Å². The molecule has 7 heteroatoms. The van der Waals surface area contributed by atoms with E-state index in [0.29, 0.717) is 11.5 Å². The molecule has 1 aliphatic heterocycles. The fourth-order valence-electron chi connectivity index (χ4n) is 1.72. The Kier molecular flexibility index (Phi) is 3.86. The number of hydrogen-bond acceptors (Lipinski definition) is 5. The molecule has 0 fully saturated rings. The highest BCUT2D eigenvalue weighted by Crippen LogP contribution is 2.35. The summed E-state index contributed by atoms with van der Waals surface area (Å²) in [5.74, 6) is -0.407. The molecule has 2 rings (SSSR count). The number of aliphatic carboxylic acids is 1. The van der Waals surface area contributed by atoms with Crippen LogP contribution < -0.4 is 20.5 Å². The summed E-state index contributed by atoms with van der Waals surface area (Å²) in [7, 11) is 0. The van der Waals surface area contributed by atoms with Crippen molar-refractivity contribution in [3.63, 3.8) is 0 Å². The summed E-state index contributed by atoms with van der Waals surface area (Å²) in [5, 5.41) is 11.1. The zero-order valence-corrected chi connectivity index (χ0v) is 10.1. The van der Waals surface area contributed by atoms with E-state index in [0.717, 1.165) is 5.56 Å². The van der Waals surface area contributed by atoms with Gasteiger partial charge in [-0.05, 0) is 6.07 Å². The van der Waals surface area contributed by atoms with Gasteiger partial charge in [0.25, 0.3) is 0 Å². The number of carboxylic acids is 1. The van der Waals surface area contributed by atoms with Crippen molar-refractivity contribution >= 4 is 11.9 Å². The van der Waals surface area contributed by atoms with Gasteiger partial charge in [-0.25, -0.2) is 0 Å². The Balaban J connectivity index is 1.94. The van der Waals surface area contributed by atoms with Crippen molar-refractivity contribution in [2.45, 2.75) is 19.0 Å². The Morgan fingerprint density at radius 1 is 1.42 bits per heavy atom. The third-order valence-corrected chi connectivity index (χ3v) is 2.66. The van der Waals surface area contributed by atoms with Crippen molar-refractivity contribution in [2.75, 3.05) is 6.79 Å². The first-order valence-corrected chi connectivity index (χ1v) is 5.70. The number of benzene rings is 1. The number of rotatable bonds is 5. The molecule has 0 aromatic heterocycles. The van der Waals surface area contributed by atoms with E-state index in [4.69, 9.17) is 20.3 Å². The van der Waals surface area contributed by atoms with Crippen LogP contribution in [0.3, 0.4) is 0 Å². The van der Waals surface area contributed by atoms with Crippen LogP contribution in [0.4, 0.5) is 0 Å². The molecule has 102 valence electrons. The molecular formula is C12H14N2O5. The molecule has 0 bridgehead atoms. The molecule has 19 heavy (non-hydrogen) atoms. The largest absolute Gasteiger partial charge is 0.481 e. The van der Waals surface area contributed by atoms with Crippen LogP contribution >= 0.6 is 0 Å². The van der Waals surface area contributed by atoms with E-state index in [-0.39, 0.29) is 13.3 Å². The fraction of sp³-hybridized carbons (Fsp3) is 0.333. The standard InChI is InChI=1S/C12H14N2O5/c13-8(4-10(15)16)12(17)14-5-7-2-1-3-9-11(7)19-6-18-9/h1-3,8H,4-6,13H2,(H,14,17)(H,15,16). The molecule has 0 spiro atoms. The molecule has 1 aliphatic rings. The van der Waals surface area contributed by atoms with Crippen LogP contribution in [0.2, 0.25) is 0 Å². The van der Waals surface area contributed by atoms with Crippen LogP contribution in [0, 0.1) is 0 Å². The minimum Gasteiger partial charge on any atom is -0.481 e. The van der Waals surface area contributed by atoms with Crippen molar-refractivity contribution in [3.05, 3.63) is 23.8 Å². The Labute approximate surface area is 109 Å². The maximum absolute atomic E-state index is 11.6. The molecule has 1 aromatic rings. The predicted octanol–water partition coefficient (Wildman–Crippen LogP) is -0.167. The van der Waals surface area contributed by atoms with Crippen molar-refractivity contribution < 1.29 is 24.2 Å². The lowest BCUT2D eigenvalue weighted by Gasteiger charge is -2.11. The number of nitrogens with two attached hydrogens (primary N) is 1. The van der Waals surface area contributed by atoms with Gasteiger partial charge in [0.05, 0.1) is 12.5 Å². The number of ether oxygens (including phenoxy) is 2. The number of carbonyl (C=O) groups is 2. The topological polar surface area (TPSA) is 111 Å². The SMILES string of the molecule is NC(CC(=O)O)C(=O)NCc1cccc2c1OCO2. The highest BCUT2D eigenvalue weighted by molar-refractivity contribution is 5.85. The van der Waals surface area contributed by atoms with Crippen LogP contribution in [0.15, 0.2) is 18.2 Å². The second-order valence-corrected chi connectivity index (χ2v) is 4.07. The minimum atomic E-state index is -1.11. The number of nitrogens with one attached hydrogen (secondary N) is 1. The summed E-state index contributed by atoms with van der Waals surface area (Å²) >= 11 is 0. The van der Waals surface area contributed by atoms with Gasteiger partial charge in [-0.1, -0.05) is 12.1 Å². The van der Waals surface area contributed by atoms with E-state index in [2.05, 4.69) is 5.32 Å². The van der Waals surface area contributed by atoms with Crippen molar-refractivity contribution in [1.82, 2.24) is 5.32 Å². The summed E-state index contributed by atoms with van der Waals surface area (Å²) < 4.78 is 10.5. The van der Waals surface area contributed by atoms with E-state index in [1.165, 1.54) is 0 Å². The van der Waals surface area contributed by atoms with Crippen molar-refractivity contribution in [3.8, 4) is 11.5 Å². The molecule has 0 saturated carbocycles. The highest BCUT2D eigenvalue weighted by Gasteiger charge is 2.20. The van der Waals surface area contributed by atoms with E-state index in [1.807, 2.05) is 0 Å². The van der Waals surface area contributed by atoms with E-state index in [9.17, 15) is 9.59 Å². The number of para-hydroxylation sites is 1. The number of hydrogen-bond donors (Lipinski definition) is 3. The number of carbonyl (C=O) groups excluding carboxylic acids is 1. The Bertz CT molecular complexity index is 503. The second-order valence-electron chi connectivity index (χ2n) is 4.07. The van der Waals surface area contributed by atoms with Crippen LogP contribution in [0.1, 0.15) is 12.0 Å². The third kappa shape index (κ3) is 3.14. The third-order valence-electron chi connectivity index (χ3n) is 2.66. The summed E-state index contributed by atoms with van der Waals surface area (Å²) in [5.41, 5.74) is 6.20. The molecule has 1 atom stereocenters. The lowest BCUT2D eigenvalue weighted by molar-refractivity contribution is -0.139. The van der Waals surface area contributed by atoms with Gasteiger partial charge in [-0.2, -0.15) is 0 Å². The first-order valence-electron chi connectivity index (χ1n) is 5.70. The Hall–Kier alpha value is -2.28. The van der Waals surface area contributed by atoms with Crippen molar-refractivity contribution in [1.29, 1.82) is 0 Å². The molecule has 4 N–H and O–H groups in total. The number of fused-ring (bicyclic) bond motifs is 1. The van der Waals surface area contributed by atoms with E-state index in [1.54, 1.807) is 18.2 Å². The zero-order chi connectivity index (χ0) is 13.8. The fourth-order valence-corrected chi connectivity index (χ4v) is 1.72. The Morgan fingerprint density at radius 2 is 2.21 bits per heavy atom. The summed E-state index contributed by atoms with van der Waals surface area (Å²) in [4.78, 5) is 22.0. The average molecular weight is 266 g/mol. The van der Waals surface area contributed by atoms with Crippen LogP contribution in [-0.2, 0) is 16.1 Å². The average Bonchev–Trinajstić information content (AvgIpc) is 2.83. The van der Waals surface area contributed by atoms with Crippen LogP contribution in [-0.4, -0.2) is 29.8 Å². The van der Waals surface area contributed by atoms with Crippen LogP contribution in [0.5, 0.6) is 11.5 Å². The van der Waals surface area contributed by atoms with Gasteiger partial charge >= 0.3 is 5.97 Å². The van der Waals surface area contributed by atoms with Gasteiger partial charge in [0.2, 0.25) is 12.7 Å². The highest BCUT2D eigenvalue weighted by atomic mass is 16.7. The summed E-state index contributed by atoms with van der Waals surface area (Å²) in [6.07, 6.45) is -0.404. The molecule has 0 saturated heterocycles. The second kappa shape index (κ2) is 5.57. The Morgan fingerprint density at radius 3 is 2.95 bits per heavy atom. The molecule has 1 aromatic carbocycles. The molecule has 1 amide bonds. The molecule has 1 heterocycles. The maximum Gasteiger partial charge on any atom is 0.305 e. The van der Waals surface area contributed by atoms with Gasteiger partial charge in [0, 0.05) is 12.1 Å². The van der Waals surface area contributed by atoms with Gasteiger partial charge in [-0.15, -0.1) is 0 Å². The predicted molar refractivity (Wildman–Crippen MR) is 64.6 cm³/mol. The van der Waals surface area contributed by atoms with Crippen LogP contribution in [0.25, 0.3) is 0 Å². The normalized spacial score (nSPS) is 13.9. The monoisotopic (exact) mass is 266 g/mol. The zero-order valence-electron chi connectivity index (χ0n) is 10.1. The lowest BCUT2D eigenvalue weighted by atomic mass is 10.1. The molecule has 0 aliphatic carbocycles. The number of carboxylic acid groups (broad SMARTS) is 1. The summed E-state index contributed by atoms with van der Waals surface area (Å²) in [6, 6.07) is 4.28. The molecule has 0 radical (unpaired) electrons. The smallest absolute Gasteiger partial charge is 0.305 e. The first kappa shape index (κ1) is 13.2. The van der Waals surface area contributed by atoms with E-state index >= 15 is 0 Å². The van der Waals surface area contributed by atoms with Crippen molar-refractivity contribution in [2.24, 2.45) is 5.73 Å². The van der Waals surface area contributed by atoms with Gasteiger partial charge in [0.1, 0.15) is 0 Å². The molecule has 7 nitrogen and oxygen atoms in total. The number of amides is 1. The lowest BCUT2D eigenvalue weighted by Crippen LogP contribution is -2.41. The van der Waals surface area contributed by atoms with Gasteiger partial charge < -0.3 is 25.6 Å². The first-order chi connectivity index (χ1) is 9.08. The maximum atomic E-state index is 11.6. The molecule has 1 unspecified atom stereocenters. The summed E-state index contributed by atoms with van der Waals surface area (Å²) in [6.45, 7) is 0.359. The minimum absolute atomic E-state index is 0.152. The van der Waals surface area contributed by atoms with Gasteiger partial charge in [0.15, 0.2) is 11.5 Å². The van der Waals surface area contributed by atoms with Gasteiger partial charge in [-0.3, -0.25) is 9.59 Å².